The molecule has 2 N–H and O–H groups in total. The van der Waals surface area contributed by atoms with Gasteiger partial charge in [0.2, 0.25) is 0 Å². The first kappa shape index (κ1) is 27.8. The summed E-state index contributed by atoms with van der Waals surface area (Å²) in [6.45, 7) is 1.56. The number of alkyl halides is 3. The Kier molecular flexibility index (Phi) is 9.41. The molecule has 9 heteroatoms. The molecule has 0 radical (unpaired) electrons. The van der Waals surface area contributed by atoms with E-state index in [4.69, 9.17) is 9.47 Å². The van der Waals surface area contributed by atoms with Crippen molar-refractivity contribution in [3.05, 3.63) is 30.0 Å². The monoisotopic (exact) mass is 520 g/mol. The second-order valence-corrected chi connectivity index (χ2v) is 10.5. The molecule has 1 aromatic heterocycles. The smallest absolute Gasteiger partial charge is 0.382 e. The average molecular weight is 521 g/mol. The molecule has 0 amide bonds. The summed E-state index contributed by atoms with van der Waals surface area (Å²) in [6.07, 6.45) is 0.835. The fourth-order valence-electron chi connectivity index (χ4n) is 5.58. The Morgan fingerprint density at radius 1 is 1.16 bits per heavy atom. The first-order valence-electron chi connectivity index (χ1n) is 13.2. The molecule has 1 saturated carbocycles. The molecule has 0 spiro atoms. The van der Waals surface area contributed by atoms with Crippen LogP contribution in [0, 0.1) is 17.8 Å². The highest BCUT2D eigenvalue weighted by Crippen LogP contribution is 2.33. The Balaban J connectivity index is 1.50. The van der Waals surface area contributed by atoms with Gasteiger partial charge in [-0.1, -0.05) is 12.0 Å². The van der Waals surface area contributed by atoms with Crippen molar-refractivity contribution in [2.45, 2.75) is 63.0 Å². The van der Waals surface area contributed by atoms with Crippen LogP contribution in [0.2, 0.25) is 0 Å². The Labute approximate surface area is 217 Å². The van der Waals surface area contributed by atoms with Gasteiger partial charge in [-0.2, -0.15) is 13.2 Å². The number of methoxy groups -OCH3 is 1. The van der Waals surface area contributed by atoms with Crippen molar-refractivity contribution in [2.75, 3.05) is 52.8 Å². The van der Waals surface area contributed by atoms with Crippen LogP contribution in [0.1, 0.15) is 37.8 Å². The van der Waals surface area contributed by atoms with Gasteiger partial charge in [0, 0.05) is 43.4 Å². The van der Waals surface area contributed by atoms with Gasteiger partial charge in [0.1, 0.15) is 6.54 Å². The van der Waals surface area contributed by atoms with Gasteiger partial charge in [0.05, 0.1) is 30.5 Å². The maximum absolute atomic E-state index is 13.5. The van der Waals surface area contributed by atoms with Crippen molar-refractivity contribution in [3.63, 3.8) is 0 Å². The lowest BCUT2D eigenvalue weighted by Crippen LogP contribution is -2.47. The van der Waals surface area contributed by atoms with Crippen LogP contribution in [0.4, 0.5) is 18.9 Å². The van der Waals surface area contributed by atoms with Crippen LogP contribution in [-0.4, -0.2) is 81.3 Å². The third kappa shape index (κ3) is 7.64. The quantitative estimate of drug-likeness (QED) is 0.503. The van der Waals surface area contributed by atoms with Crippen molar-refractivity contribution in [3.8, 4) is 11.8 Å². The number of hydrogen-bond acceptors (Lipinski definition) is 5. The van der Waals surface area contributed by atoms with E-state index in [9.17, 15) is 13.2 Å². The second kappa shape index (κ2) is 12.5. The zero-order valence-corrected chi connectivity index (χ0v) is 22.0. The van der Waals surface area contributed by atoms with Gasteiger partial charge in [-0.25, -0.2) is 0 Å². The number of nitrogens with zero attached hydrogens (tertiary/aromatic N) is 2. The van der Waals surface area contributed by atoms with E-state index in [1.807, 2.05) is 12.1 Å². The molecule has 2 aliphatic rings. The van der Waals surface area contributed by atoms with E-state index < -0.39 is 12.7 Å². The van der Waals surface area contributed by atoms with E-state index in [1.54, 1.807) is 19.2 Å². The van der Waals surface area contributed by atoms with Gasteiger partial charge in [0.25, 0.3) is 0 Å². The van der Waals surface area contributed by atoms with Crippen LogP contribution < -0.4 is 10.6 Å². The number of benzene rings is 1. The zero-order valence-electron chi connectivity index (χ0n) is 22.0. The lowest BCUT2D eigenvalue weighted by atomic mass is 9.85. The number of hydrogen-bond donors (Lipinski definition) is 2. The van der Waals surface area contributed by atoms with Crippen LogP contribution in [0.15, 0.2) is 24.3 Å². The standard InChI is InChI=1S/C28H39F3N4O2/c1-34(2)17-20-9-11-21(12-10-20)33-24-7-4-8-26-23(24)16-22(35(26)19-28(29,30)31)6-5-14-32-25-13-15-37-18-27(25)36-3/h4,7-8,16,20-21,25,27,32-33H,9-15,17-19H2,1-3H3/t20?,21?,25-,27-/m1/s1. The molecule has 0 bridgehead atoms. The van der Waals surface area contributed by atoms with E-state index in [1.165, 1.54) is 4.57 Å². The Morgan fingerprint density at radius 3 is 2.65 bits per heavy atom. The molecule has 2 fully saturated rings. The number of anilines is 1. The van der Waals surface area contributed by atoms with Gasteiger partial charge in [0.15, 0.2) is 0 Å². The summed E-state index contributed by atoms with van der Waals surface area (Å²) < 4.78 is 52.7. The minimum atomic E-state index is -4.34. The number of rotatable bonds is 8. The van der Waals surface area contributed by atoms with E-state index in [2.05, 4.69) is 41.5 Å². The number of nitrogens with one attached hydrogen (secondary N) is 2. The topological polar surface area (TPSA) is 50.7 Å². The molecule has 2 aromatic rings. The summed E-state index contributed by atoms with van der Waals surface area (Å²) in [7, 11) is 5.86. The molecule has 6 nitrogen and oxygen atoms in total. The highest BCUT2D eigenvalue weighted by molar-refractivity contribution is 5.94. The summed E-state index contributed by atoms with van der Waals surface area (Å²) in [5, 5.41) is 7.76. The van der Waals surface area contributed by atoms with Crippen molar-refractivity contribution >= 4 is 16.6 Å². The van der Waals surface area contributed by atoms with Crippen LogP contribution >= 0.6 is 0 Å². The van der Waals surface area contributed by atoms with Gasteiger partial charge >= 0.3 is 6.18 Å². The van der Waals surface area contributed by atoms with E-state index >= 15 is 0 Å². The van der Waals surface area contributed by atoms with E-state index in [0.29, 0.717) is 42.9 Å². The lowest BCUT2D eigenvalue weighted by Gasteiger charge is -2.31. The summed E-state index contributed by atoms with van der Waals surface area (Å²) >= 11 is 0. The molecule has 4 rings (SSSR count). The maximum Gasteiger partial charge on any atom is 0.406 e. The van der Waals surface area contributed by atoms with Crippen LogP contribution in [-0.2, 0) is 16.0 Å². The number of fused-ring (bicyclic) bond motifs is 1. The summed E-state index contributed by atoms with van der Waals surface area (Å²) in [5.41, 5.74) is 1.79. The predicted molar refractivity (Wildman–Crippen MR) is 141 cm³/mol. The Morgan fingerprint density at radius 2 is 1.95 bits per heavy atom. The van der Waals surface area contributed by atoms with Crippen molar-refractivity contribution in [1.29, 1.82) is 0 Å². The third-order valence-electron chi connectivity index (χ3n) is 7.39. The maximum atomic E-state index is 13.5. The van der Waals surface area contributed by atoms with E-state index in [-0.39, 0.29) is 12.1 Å². The Hall–Kier alpha value is -2.25. The average Bonchev–Trinajstić information content (AvgIpc) is 3.19. The molecular formula is C28H39F3N4O2. The fourth-order valence-corrected chi connectivity index (χ4v) is 5.58. The molecule has 204 valence electrons. The zero-order chi connectivity index (χ0) is 26.4. The molecule has 2 atom stereocenters. The van der Waals surface area contributed by atoms with Crippen LogP contribution in [0.3, 0.4) is 0 Å². The second-order valence-electron chi connectivity index (χ2n) is 10.5. The molecular weight excluding hydrogens is 481 g/mol. The number of halogens is 3. The molecule has 1 aliphatic carbocycles. The molecule has 37 heavy (non-hydrogen) atoms. The largest absolute Gasteiger partial charge is 0.406 e. The third-order valence-corrected chi connectivity index (χ3v) is 7.39. The van der Waals surface area contributed by atoms with Crippen LogP contribution in [0.25, 0.3) is 10.9 Å². The van der Waals surface area contributed by atoms with Gasteiger partial charge in [-0.05, 0) is 76.2 Å². The first-order valence-corrected chi connectivity index (χ1v) is 13.2. The molecule has 2 heterocycles. The van der Waals surface area contributed by atoms with Gasteiger partial charge in [-0.3, -0.25) is 0 Å². The Bertz CT molecular complexity index is 1080. The highest BCUT2D eigenvalue weighted by Gasteiger charge is 2.30. The minimum Gasteiger partial charge on any atom is -0.382 e. The molecule has 1 aliphatic heterocycles. The van der Waals surface area contributed by atoms with Crippen molar-refractivity contribution < 1.29 is 22.6 Å². The first-order chi connectivity index (χ1) is 17.7. The summed E-state index contributed by atoms with van der Waals surface area (Å²) in [5.74, 6) is 6.73. The highest BCUT2D eigenvalue weighted by atomic mass is 19.4. The van der Waals surface area contributed by atoms with Gasteiger partial charge in [-0.15, -0.1) is 0 Å². The fraction of sp³-hybridized carbons (Fsp3) is 0.643. The van der Waals surface area contributed by atoms with Crippen molar-refractivity contribution in [1.82, 2.24) is 14.8 Å². The van der Waals surface area contributed by atoms with Crippen molar-refractivity contribution in [2.24, 2.45) is 5.92 Å². The van der Waals surface area contributed by atoms with Crippen LogP contribution in [0.5, 0.6) is 0 Å². The number of aromatic nitrogens is 1. The lowest BCUT2D eigenvalue weighted by molar-refractivity contribution is -0.140. The summed E-state index contributed by atoms with van der Waals surface area (Å²) in [6, 6.07) is 7.75. The summed E-state index contributed by atoms with van der Waals surface area (Å²) in [4.78, 5) is 2.24. The van der Waals surface area contributed by atoms with Gasteiger partial charge < -0.3 is 29.6 Å². The predicted octanol–water partition coefficient (Wildman–Crippen LogP) is 4.48. The normalized spacial score (nSPS) is 24.7. The molecule has 0 unspecified atom stereocenters. The molecule has 1 aromatic carbocycles. The number of ether oxygens (including phenoxy) is 2. The molecule has 1 saturated heterocycles. The van der Waals surface area contributed by atoms with E-state index in [0.717, 1.165) is 49.7 Å². The SMILES string of the molecule is CO[C@@H]1COCC[C@H]1NCC#Cc1cc2c(NC3CCC(CN(C)C)CC3)cccc2n1CC(F)(F)F. The minimum absolute atomic E-state index is 0.0567.